The second-order valence-corrected chi connectivity index (χ2v) is 6.68. The van der Waals surface area contributed by atoms with Crippen LogP contribution in [0.25, 0.3) is 21.8 Å². The summed E-state index contributed by atoms with van der Waals surface area (Å²) in [4.78, 5) is 8.95. The van der Waals surface area contributed by atoms with Crippen molar-refractivity contribution in [1.82, 2.24) is 9.97 Å². The minimum absolute atomic E-state index is 0.670. The molecular weight excluding hydrogens is 339 g/mol. The number of nitrogens with zero attached hydrogens (tertiary/aromatic N) is 2. The molecule has 2 heterocycles. The zero-order valence-corrected chi connectivity index (χ0v) is 14.6. The SMILES string of the molecule is Cc1cc2c(Cl)c(Cc3ccc4cccnc4n3)ccc2cc1Cl. The van der Waals surface area contributed by atoms with Gasteiger partial charge in [0.15, 0.2) is 5.65 Å². The molecule has 0 fully saturated rings. The first-order valence-corrected chi connectivity index (χ1v) is 8.45. The molecule has 0 amide bonds. The topological polar surface area (TPSA) is 25.8 Å². The molecular formula is C20H14Cl2N2. The van der Waals surface area contributed by atoms with E-state index in [-0.39, 0.29) is 0 Å². The van der Waals surface area contributed by atoms with Crippen molar-refractivity contribution in [2.24, 2.45) is 0 Å². The van der Waals surface area contributed by atoms with Crippen LogP contribution in [-0.2, 0) is 6.42 Å². The Kier molecular flexibility index (Phi) is 3.87. The van der Waals surface area contributed by atoms with Gasteiger partial charge in [0, 0.05) is 34.1 Å². The van der Waals surface area contributed by atoms with E-state index >= 15 is 0 Å². The predicted octanol–water partition coefficient (Wildman–Crippen LogP) is 5.99. The highest BCUT2D eigenvalue weighted by atomic mass is 35.5. The van der Waals surface area contributed by atoms with E-state index in [0.29, 0.717) is 6.42 Å². The number of fused-ring (bicyclic) bond motifs is 2. The van der Waals surface area contributed by atoms with Crippen LogP contribution in [0.4, 0.5) is 0 Å². The van der Waals surface area contributed by atoms with E-state index < -0.39 is 0 Å². The van der Waals surface area contributed by atoms with E-state index in [9.17, 15) is 0 Å². The van der Waals surface area contributed by atoms with E-state index in [0.717, 1.165) is 48.7 Å². The molecule has 0 unspecified atom stereocenters. The first kappa shape index (κ1) is 15.4. The first-order valence-electron chi connectivity index (χ1n) is 7.70. The number of halogens is 2. The van der Waals surface area contributed by atoms with Crippen LogP contribution in [-0.4, -0.2) is 9.97 Å². The molecule has 0 bridgehead atoms. The van der Waals surface area contributed by atoms with Gasteiger partial charge in [0.2, 0.25) is 0 Å². The third-order valence-corrected chi connectivity index (χ3v) is 5.06. The molecule has 0 radical (unpaired) electrons. The van der Waals surface area contributed by atoms with Crippen molar-refractivity contribution in [3.63, 3.8) is 0 Å². The molecule has 0 aliphatic carbocycles. The van der Waals surface area contributed by atoms with E-state index in [1.54, 1.807) is 6.20 Å². The minimum atomic E-state index is 0.670. The third-order valence-electron chi connectivity index (χ3n) is 4.21. The Balaban J connectivity index is 1.78. The Morgan fingerprint density at radius 2 is 1.79 bits per heavy atom. The van der Waals surface area contributed by atoms with Gasteiger partial charge >= 0.3 is 0 Å². The maximum Gasteiger partial charge on any atom is 0.159 e. The zero-order valence-electron chi connectivity index (χ0n) is 13.1. The molecule has 4 aromatic rings. The molecule has 2 aromatic carbocycles. The van der Waals surface area contributed by atoms with Gasteiger partial charge < -0.3 is 0 Å². The standard InChI is InChI=1S/C20H14Cl2N2/c1-12-9-17-14(11-18(12)21)4-5-15(19(17)22)10-16-7-6-13-3-2-8-23-20(13)24-16/h2-9,11H,10H2,1H3. The van der Waals surface area contributed by atoms with E-state index in [4.69, 9.17) is 23.2 Å². The highest BCUT2D eigenvalue weighted by molar-refractivity contribution is 6.37. The smallest absolute Gasteiger partial charge is 0.159 e. The fourth-order valence-electron chi connectivity index (χ4n) is 2.88. The van der Waals surface area contributed by atoms with Gasteiger partial charge in [-0.25, -0.2) is 9.97 Å². The Hall–Kier alpha value is -2.16. The highest BCUT2D eigenvalue weighted by Gasteiger charge is 2.10. The monoisotopic (exact) mass is 352 g/mol. The summed E-state index contributed by atoms with van der Waals surface area (Å²) in [5, 5.41) is 4.63. The van der Waals surface area contributed by atoms with Crippen LogP contribution in [0.2, 0.25) is 10.0 Å². The summed E-state index contributed by atoms with van der Waals surface area (Å²) in [7, 11) is 0. The van der Waals surface area contributed by atoms with Crippen molar-refractivity contribution in [3.05, 3.63) is 81.6 Å². The molecule has 118 valence electrons. The van der Waals surface area contributed by atoms with Gasteiger partial charge in [0.25, 0.3) is 0 Å². The number of aryl methyl sites for hydroxylation is 1. The molecule has 0 saturated heterocycles. The number of pyridine rings is 2. The lowest BCUT2D eigenvalue weighted by atomic mass is 10.0. The Bertz CT molecular complexity index is 1070. The highest BCUT2D eigenvalue weighted by Crippen LogP contribution is 2.32. The van der Waals surface area contributed by atoms with E-state index in [1.807, 2.05) is 49.4 Å². The van der Waals surface area contributed by atoms with Crippen molar-refractivity contribution in [2.45, 2.75) is 13.3 Å². The van der Waals surface area contributed by atoms with Crippen molar-refractivity contribution >= 4 is 45.0 Å². The van der Waals surface area contributed by atoms with Gasteiger partial charge in [-0.15, -0.1) is 0 Å². The molecule has 0 saturated carbocycles. The van der Waals surface area contributed by atoms with Crippen LogP contribution < -0.4 is 0 Å². The summed E-state index contributed by atoms with van der Waals surface area (Å²) in [6.07, 6.45) is 2.43. The van der Waals surface area contributed by atoms with Gasteiger partial charge in [-0.1, -0.05) is 35.3 Å². The van der Waals surface area contributed by atoms with Crippen LogP contribution in [0, 0.1) is 6.92 Å². The number of aromatic nitrogens is 2. The molecule has 0 spiro atoms. The lowest BCUT2D eigenvalue weighted by molar-refractivity contribution is 1.09. The molecule has 0 atom stereocenters. The molecule has 24 heavy (non-hydrogen) atoms. The lowest BCUT2D eigenvalue weighted by Crippen LogP contribution is -1.95. The molecule has 4 heteroatoms. The summed E-state index contributed by atoms with van der Waals surface area (Å²) in [5.41, 5.74) is 3.78. The van der Waals surface area contributed by atoms with E-state index in [2.05, 4.69) is 16.0 Å². The molecule has 2 aromatic heterocycles. The summed E-state index contributed by atoms with van der Waals surface area (Å²) in [5.74, 6) is 0. The minimum Gasteiger partial charge on any atom is -0.237 e. The summed E-state index contributed by atoms with van der Waals surface area (Å²) in [6, 6.07) is 16.1. The molecule has 4 rings (SSSR count). The summed E-state index contributed by atoms with van der Waals surface area (Å²) < 4.78 is 0. The lowest BCUT2D eigenvalue weighted by Gasteiger charge is -2.10. The fraction of sp³-hybridized carbons (Fsp3) is 0.100. The number of hydrogen-bond donors (Lipinski definition) is 0. The van der Waals surface area contributed by atoms with Crippen molar-refractivity contribution in [2.75, 3.05) is 0 Å². The largest absolute Gasteiger partial charge is 0.237 e. The van der Waals surface area contributed by atoms with Crippen molar-refractivity contribution in [3.8, 4) is 0 Å². The van der Waals surface area contributed by atoms with Gasteiger partial charge in [-0.3, -0.25) is 0 Å². The number of benzene rings is 2. The van der Waals surface area contributed by atoms with Crippen LogP contribution in [0.5, 0.6) is 0 Å². The number of hydrogen-bond acceptors (Lipinski definition) is 2. The molecule has 2 nitrogen and oxygen atoms in total. The maximum absolute atomic E-state index is 6.65. The zero-order chi connectivity index (χ0) is 16.7. The third kappa shape index (κ3) is 2.72. The molecule has 0 N–H and O–H groups in total. The Labute approximate surface area is 150 Å². The molecule has 0 aliphatic rings. The van der Waals surface area contributed by atoms with Crippen LogP contribution in [0.15, 0.2) is 54.7 Å². The van der Waals surface area contributed by atoms with E-state index in [1.165, 1.54) is 0 Å². The first-order chi connectivity index (χ1) is 11.6. The molecule has 0 aliphatic heterocycles. The van der Waals surface area contributed by atoms with Gasteiger partial charge in [0.05, 0.1) is 5.02 Å². The summed E-state index contributed by atoms with van der Waals surface area (Å²) in [6.45, 7) is 1.99. The van der Waals surface area contributed by atoms with Crippen LogP contribution in [0.3, 0.4) is 0 Å². The normalized spacial score (nSPS) is 11.3. The van der Waals surface area contributed by atoms with Gasteiger partial charge in [-0.2, -0.15) is 0 Å². The van der Waals surface area contributed by atoms with Crippen LogP contribution >= 0.6 is 23.2 Å². The quantitative estimate of drug-likeness (QED) is 0.442. The fourth-order valence-corrected chi connectivity index (χ4v) is 3.35. The van der Waals surface area contributed by atoms with Gasteiger partial charge in [0.1, 0.15) is 0 Å². The second-order valence-electron chi connectivity index (χ2n) is 5.89. The summed E-state index contributed by atoms with van der Waals surface area (Å²) >= 11 is 12.9. The van der Waals surface area contributed by atoms with Gasteiger partial charge in [-0.05, 0) is 59.8 Å². The average molecular weight is 353 g/mol. The number of rotatable bonds is 2. The average Bonchev–Trinajstić information content (AvgIpc) is 2.59. The van der Waals surface area contributed by atoms with Crippen molar-refractivity contribution in [1.29, 1.82) is 0 Å². The second kappa shape index (κ2) is 6.04. The predicted molar refractivity (Wildman–Crippen MR) is 101 cm³/mol. The van der Waals surface area contributed by atoms with Crippen molar-refractivity contribution < 1.29 is 0 Å². The Morgan fingerprint density at radius 1 is 0.958 bits per heavy atom. The Morgan fingerprint density at radius 3 is 2.67 bits per heavy atom. The van der Waals surface area contributed by atoms with Crippen LogP contribution in [0.1, 0.15) is 16.8 Å². The maximum atomic E-state index is 6.65.